The molecule has 8 heteroatoms. The van der Waals surface area contributed by atoms with Crippen molar-refractivity contribution in [1.29, 1.82) is 0 Å². The van der Waals surface area contributed by atoms with Gasteiger partial charge in [0.1, 0.15) is 17.7 Å². The number of hydrogen-bond donors (Lipinski definition) is 2. The Hall–Kier alpha value is -3.00. The van der Waals surface area contributed by atoms with Crippen LogP contribution in [0.25, 0.3) is 0 Å². The van der Waals surface area contributed by atoms with Crippen LogP contribution in [-0.4, -0.2) is 53.0 Å². The van der Waals surface area contributed by atoms with Gasteiger partial charge in [-0.1, -0.05) is 67.8 Å². The number of alkyl carbamates (subject to hydrolysis) is 1. The number of carbonyl (C=O) groups excluding carboxylic acids is 3. The van der Waals surface area contributed by atoms with E-state index < -0.39 is 23.8 Å². The molecule has 7 nitrogen and oxygen atoms in total. The Morgan fingerprint density at radius 1 is 1.00 bits per heavy atom. The second-order valence-corrected chi connectivity index (χ2v) is 12.3. The van der Waals surface area contributed by atoms with Crippen molar-refractivity contribution in [2.24, 2.45) is 0 Å². The fourth-order valence-electron chi connectivity index (χ4n) is 4.56. The first kappa shape index (κ1) is 33.2. The normalized spacial score (nSPS) is 12.8. The zero-order valence-corrected chi connectivity index (χ0v) is 26.2. The molecule has 0 aliphatic rings. The van der Waals surface area contributed by atoms with Crippen LogP contribution in [-0.2, 0) is 14.3 Å². The molecule has 2 rings (SSSR count). The molecule has 2 aromatic carbocycles. The summed E-state index contributed by atoms with van der Waals surface area (Å²) < 4.78 is 5.48. The predicted molar refractivity (Wildman–Crippen MR) is 166 cm³/mol. The fourth-order valence-corrected chi connectivity index (χ4v) is 5.03. The molecule has 0 heterocycles. The molecule has 3 amide bonds. The minimum atomic E-state index is -0.875. The molecule has 2 aromatic rings. The molecule has 0 aromatic heterocycles. The van der Waals surface area contributed by atoms with Gasteiger partial charge in [0.15, 0.2) is 0 Å². The number of para-hydroxylation sites is 1. The molecule has 2 atom stereocenters. The zero-order chi connectivity index (χ0) is 29.9. The Kier molecular flexibility index (Phi) is 13.0. The number of rotatable bonds is 13. The summed E-state index contributed by atoms with van der Waals surface area (Å²) in [5.41, 5.74) is 3.67. The van der Waals surface area contributed by atoms with Crippen LogP contribution in [0, 0.1) is 20.8 Å². The van der Waals surface area contributed by atoms with Crippen LogP contribution in [0.4, 0.5) is 10.5 Å². The van der Waals surface area contributed by atoms with E-state index in [1.165, 1.54) is 0 Å². The van der Waals surface area contributed by atoms with Crippen molar-refractivity contribution >= 4 is 35.4 Å². The zero-order valence-electron chi connectivity index (χ0n) is 25.4. The Balaban J connectivity index is 2.56. The summed E-state index contributed by atoms with van der Waals surface area (Å²) >= 11 is 1.60. The molecule has 40 heavy (non-hydrogen) atoms. The second-order valence-electron chi connectivity index (χ2n) is 11.3. The third-order valence-corrected chi connectivity index (χ3v) is 7.18. The highest BCUT2D eigenvalue weighted by Gasteiger charge is 2.36. The summed E-state index contributed by atoms with van der Waals surface area (Å²) in [5.74, 6) is 0.0894. The van der Waals surface area contributed by atoms with Gasteiger partial charge in [0.05, 0.1) is 0 Å². The number of thioether (sulfide) groups is 1. The number of nitrogens with one attached hydrogen (secondary N) is 2. The van der Waals surface area contributed by atoms with Crippen LogP contribution >= 0.6 is 11.8 Å². The SMILES string of the molecule is CCCCCN(C(=O)C(CCSC)NC(=O)OC(C)(C)C)C(C(=O)Nc1c(C)cccc1C)c1cccc(C)c1. The van der Waals surface area contributed by atoms with E-state index in [1.54, 1.807) is 37.4 Å². The Bertz CT molecular complexity index is 1120. The van der Waals surface area contributed by atoms with Gasteiger partial charge in [-0.2, -0.15) is 11.8 Å². The van der Waals surface area contributed by atoms with Gasteiger partial charge in [-0.3, -0.25) is 9.59 Å². The summed E-state index contributed by atoms with van der Waals surface area (Å²) in [6.07, 6.45) is 4.36. The van der Waals surface area contributed by atoms with Crippen LogP contribution in [0.1, 0.15) is 81.7 Å². The van der Waals surface area contributed by atoms with Crippen LogP contribution in [0.15, 0.2) is 42.5 Å². The maximum Gasteiger partial charge on any atom is 0.408 e. The van der Waals surface area contributed by atoms with Gasteiger partial charge in [-0.25, -0.2) is 4.79 Å². The number of nitrogens with zero attached hydrogens (tertiary/aromatic N) is 1. The van der Waals surface area contributed by atoms with Crippen molar-refractivity contribution in [3.8, 4) is 0 Å². The molecule has 0 bridgehead atoms. The minimum absolute atomic E-state index is 0.284. The number of amides is 3. The lowest BCUT2D eigenvalue weighted by atomic mass is 9.99. The molecule has 2 unspecified atom stereocenters. The molecular weight excluding hydrogens is 522 g/mol. The van der Waals surface area contributed by atoms with Crippen molar-refractivity contribution < 1.29 is 19.1 Å². The topological polar surface area (TPSA) is 87.7 Å². The van der Waals surface area contributed by atoms with Crippen molar-refractivity contribution in [1.82, 2.24) is 10.2 Å². The summed E-state index contributed by atoms with van der Waals surface area (Å²) in [5, 5.41) is 5.93. The molecule has 0 spiro atoms. The Morgan fingerprint density at radius 2 is 1.65 bits per heavy atom. The van der Waals surface area contributed by atoms with Crippen molar-refractivity contribution in [2.75, 3.05) is 23.9 Å². The van der Waals surface area contributed by atoms with Crippen molar-refractivity contribution in [3.63, 3.8) is 0 Å². The minimum Gasteiger partial charge on any atom is -0.444 e. The summed E-state index contributed by atoms with van der Waals surface area (Å²) in [4.78, 5) is 42.8. The maximum absolute atomic E-state index is 14.3. The molecule has 220 valence electrons. The third-order valence-electron chi connectivity index (χ3n) is 6.53. The van der Waals surface area contributed by atoms with Gasteiger partial charge in [0, 0.05) is 12.2 Å². The largest absolute Gasteiger partial charge is 0.444 e. The molecule has 2 N–H and O–H groups in total. The first-order valence-corrected chi connectivity index (χ1v) is 15.5. The Morgan fingerprint density at radius 3 is 2.23 bits per heavy atom. The molecule has 0 aliphatic heterocycles. The average Bonchev–Trinajstić information content (AvgIpc) is 2.86. The first-order valence-electron chi connectivity index (χ1n) is 14.1. The number of unbranched alkanes of at least 4 members (excludes halogenated alkanes) is 2. The molecular formula is C32H47N3O4S. The van der Waals surface area contributed by atoms with Gasteiger partial charge in [0.2, 0.25) is 5.91 Å². The summed E-state index contributed by atoms with van der Waals surface area (Å²) in [6, 6.07) is 11.9. The van der Waals surface area contributed by atoms with Crippen molar-refractivity contribution in [3.05, 3.63) is 64.7 Å². The molecule has 0 aliphatic carbocycles. The number of benzene rings is 2. The van der Waals surface area contributed by atoms with Crippen molar-refractivity contribution in [2.45, 2.75) is 91.8 Å². The maximum atomic E-state index is 14.3. The number of aryl methyl sites for hydroxylation is 3. The highest BCUT2D eigenvalue weighted by molar-refractivity contribution is 7.98. The highest BCUT2D eigenvalue weighted by atomic mass is 32.2. The van der Waals surface area contributed by atoms with E-state index in [9.17, 15) is 14.4 Å². The second kappa shape index (κ2) is 15.7. The average molecular weight is 570 g/mol. The van der Waals surface area contributed by atoms with E-state index >= 15 is 0 Å². The van der Waals surface area contributed by atoms with E-state index in [4.69, 9.17) is 4.74 Å². The molecule has 0 radical (unpaired) electrons. The number of ether oxygens (including phenoxy) is 1. The fraction of sp³-hybridized carbons (Fsp3) is 0.531. The predicted octanol–water partition coefficient (Wildman–Crippen LogP) is 6.96. The standard InChI is InChI=1S/C32H47N3O4S/c1-9-10-11-19-35(30(37)26(18-20-40-8)33-31(38)39-32(5,6)7)28(25-17-12-14-22(2)21-25)29(36)34-27-23(3)15-13-16-24(27)4/h12-17,21,26,28H,9-11,18-20H2,1-8H3,(H,33,38)(H,34,36). The van der Waals surface area contributed by atoms with E-state index in [0.29, 0.717) is 18.7 Å². The Labute approximate surface area is 244 Å². The summed E-state index contributed by atoms with van der Waals surface area (Å²) in [6.45, 7) is 13.7. The lowest BCUT2D eigenvalue weighted by molar-refractivity contribution is -0.141. The smallest absolute Gasteiger partial charge is 0.408 e. The number of carbonyl (C=O) groups is 3. The van der Waals surface area contributed by atoms with Crippen LogP contribution in [0.2, 0.25) is 0 Å². The number of anilines is 1. The third kappa shape index (κ3) is 10.2. The number of hydrogen-bond acceptors (Lipinski definition) is 5. The van der Waals surface area contributed by atoms with E-state index in [2.05, 4.69) is 17.6 Å². The van der Waals surface area contributed by atoms with E-state index in [-0.39, 0.29) is 11.8 Å². The van der Waals surface area contributed by atoms with Crippen LogP contribution in [0.5, 0.6) is 0 Å². The van der Waals surface area contributed by atoms with Gasteiger partial charge < -0.3 is 20.3 Å². The van der Waals surface area contributed by atoms with E-state index in [0.717, 1.165) is 47.2 Å². The monoisotopic (exact) mass is 569 g/mol. The quantitative estimate of drug-likeness (QED) is 0.255. The van der Waals surface area contributed by atoms with Crippen LogP contribution in [0.3, 0.4) is 0 Å². The van der Waals surface area contributed by atoms with Crippen LogP contribution < -0.4 is 10.6 Å². The molecule has 0 fully saturated rings. The van der Waals surface area contributed by atoms with Gasteiger partial charge >= 0.3 is 6.09 Å². The van der Waals surface area contributed by atoms with Gasteiger partial charge in [0.25, 0.3) is 5.91 Å². The lowest BCUT2D eigenvalue weighted by Crippen LogP contribution is -2.52. The highest BCUT2D eigenvalue weighted by Crippen LogP contribution is 2.28. The lowest BCUT2D eigenvalue weighted by Gasteiger charge is -2.35. The molecule has 0 saturated heterocycles. The molecule has 0 saturated carbocycles. The summed E-state index contributed by atoms with van der Waals surface area (Å²) in [7, 11) is 0. The van der Waals surface area contributed by atoms with Gasteiger partial charge in [-0.15, -0.1) is 0 Å². The van der Waals surface area contributed by atoms with E-state index in [1.807, 2.05) is 69.5 Å². The van der Waals surface area contributed by atoms with Gasteiger partial charge in [-0.05, 0) is 83.1 Å². The first-order chi connectivity index (χ1) is 18.9.